The molecule has 310 valence electrons. The van der Waals surface area contributed by atoms with Crippen molar-refractivity contribution in [2.45, 2.75) is 5.41 Å². The van der Waals surface area contributed by atoms with Gasteiger partial charge in [0.1, 0.15) is 0 Å². The summed E-state index contributed by atoms with van der Waals surface area (Å²) in [5, 5.41) is 2.42. The van der Waals surface area contributed by atoms with Crippen molar-refractivity contribution in [3.63, 3.8) is 0 Å². The van der Waals surface area contributed by atoms with Gasteiger partial charge in [0.25, 0.3) is 0 Å². The lowest BCUT2D eigenvalue weighted by molar-refractivity contribution is 0.768. The van der Waals surface area contributed by atoms with Crippen LogP contribution in [-0.2, 0) is 5.41 Å². The van der Waals surface area contributed by atoms with Gasteiger partial charge in [0.15, 0.2) is 17.5 Å². The van der Waals surface area contributed by atoms with Crippen LogP contribution in [0.15, 0.2) is 255 Å². The van der Waals surface area contributed by atoms with E-state index in [-0.39, 0.29) is 0 Å². The number of anilines is 3. The molecular weight excluding hydrogens is 801 g/mol. The van der Waals surface area contributed by atoms with Crippen LogP contribution in [0.4, 0.5) is 17.1 Å². The van der Waals surface area contributed by atoms with E-state index in [4.69, 9.17) is 15.0 Å². The highest BCUT2D eigenvalue weighted by Crippen LogP contribution is 2.56. The summed E-state index contributed by atoms with van der Waals surface area (Å²) >= 11 is 0. The quantitative estimate of drug-likeness (QED) is 0.145. The van der Waals surface area contributed by atoms with Crippen LogP contribution in [-0.4, -0.2) is 15.0 Å². The van der Waals surface area contributed by atoms with Gasteiger partial charge in [-0.15, -0.1) is 0 Å². The van der Waals surface area contributed by atoms with Crippen LogP contribution in [0.25, 0.3) is 67.2 Å². The number of fused-ring (bicyclic) bond motifs is 4. The average molecular weight is 843 g/mol. The Labute approximate surface area is 384 Å². The van der Waals surface area contributed by atoms with Gasteiger partial charge >= 0.3 is 0 Å². The number of rotatable bonds is 9. The van der Waals surface area contributed by atoms with Gasteiger partial charge in [-0.2, -0.15) is 0 Å². The van der Waals surface area contributed by atoms with Gasteiger partial charge in [0.2, 0.25) is 0 Å². The molecular formula is C62H42N4. The fraction of sp³-hybridized carbons (Fsp3) is 0.0161. The normalized spacial score (nSPS) is 12.4. The van der Waals surface area contributed by atoms with E-state index in [1.54, 1.807) is 0 Å². The average Bonchev–Trinajstić information content (AvgIpc) is 3.71. The summed E-state index contributed by atoms with van der Waals surface area (Å²) < 4.78 is 0. The van der Waals surface area contributed by atoms with Crippen molar-refractivity contribution in [3.05, 3.63) is 277 Å². The Bertz CT molecular complexity index is 3390. The smallest absolute Gasteiger partial charge is 0.164 e. The van der Waals surface area contributed by atoms with E-state index in [2.05, 4.69) is 199 Å². The molecule has 1 aliphatic rings. The Hall–Kier alpha value is -8.73. The summed E-state index contributed by atoms with van der Waals surface area (Å²) in [6, 6.07) is 90.8. The SMILES string of the molecule is c1ccc(-c2nc(-c3ccccc3)nc(-c3ccc(C4(c5ccc(-c6ccc(N(c7ccccc7)c7cccc8ccccc78)cc6)cc5)c5ccccc5-c5ccccc54)cc3)n2)cc1. The summed E-state index contributed by atoms with van der Waals surface area (Å²) in [5.74, 6) is 1.92. The standard InChI is InChI=1S/C62H42N4/c1-4-18-46(19-5-1)59-63-60(47-20-6-2-7-21-47)65-61(64-59)48-33-39-50(40-34-48)62(56-28-14-12-26-54(56)55-27-13-15-29-57(55)62)49-37-31-43(32-38-49)44-35-41-52(42-36-44)66(51-23-8-3-9-24-51)58-30-16-22-45-17-10-11-25-53(45)58/h1-42H. The van der Waals surface area contributed by atoms with Gasteiger partial charge in [-0.1, -0.05) is 224 Å². The van der Waals surface area contributed by atoms with Crippen molar-refractivity contribution in [3.8, 4) is 56.4 Å². The molecule has 66 heavy (non-hydrogen) atoms. The third-order valence-electron chi connectivity index (χ3n) is 13.0. The maximum Gasteiger partial charge on any atom is 0.164 e. The van der Waals surface area contributed by atoms with Gasteiger partial charge in [-0.3, -0.25) is 0 Å². The molecule has 0 saturated carbocycles. The molecule has 0 spiro atoms. The molecule has 12 rings (SSSR count). The molecule has 0 fully saturated rings. The highest BCUT2D eigenvalue weighted by atomic mass is 15.1. The van der Waals surface area contributed by atoms with E-state index in [1.165, 1.54) is 44.2 Å². The number of hydrogen-bond acceptors (Lipinski definition) is 4. The predicted octanol–water partition coefficient (Wildman–Crippen LogP) is 15.5. The molecule has 10 aromatic carbocycles. The molecule has 0 aliphatic heterocycles. The molecule has 0 amide bonds. The molecule has 0 N–H and O–H groups in total. The van der Waals surface area contributed by atoms with Crippen molar-refractivity contribution in [1.82, 2.24) is 15.0 Å². The second-order valence-electron chi connectivity index (χ2n) is 16.8. The van der Waals surface area contributed by atoms with Crippen molar-refractivity contribution in [2.75, 3.05) is 4.90 Å². The summed E-state index contributed by atoms with van der Waals surface area (Å²) in [7, 11) is 0. The highest BCUT2D eigenvalue weighted by molar-refractivity contribution is 5.99. The molecule has 11 aromatic rings. The van der Waals surface area contributed by atoms with Crippen LogP contribution >= 0.6 is 0 Å². The first-order valence-corrected chi connectivity index (χ1v) is 22.4. The third-order valence-corrected chi connectivity index (χ3v) is 13.0. The minimum atomic E-state index is -0.563. The molecule has 0 radical (unpaired) electrons. The second-order valence-corrected chi connectivity index (χ2v) is 16.8. The molecule has 4 heteroatoms. The second kappa shape index (κ2) is 16.4. The summed E-state index contributed by atoms with van der Waals surface area (Å²) in [4.78, 5) is 17.4. The molecule has 0 unspecified atom stereocenters. The summed E-state index contributed by atoms with van der Waals surface area (Å²) in [6.07, 6.45) is 0. The van der Waals surface area contributed by atoms with Crippen LogP contribution in [0.1, 0.15) is 22.3 Å². The lowest BCUT2D eigenvalue weighted by Gasteiger charge is -2.34. The molecule has 0 saturated heterocycles. The van der Waals surface area contributed by atoms with Crippen molar-refractivity contribution < 1.29 is 0 Å². The van der Waals surface area contributed by atoms with Gasteiger partial charge in [-0.25, -0.2) is 15.0 Å². The summed E-state index contributed by atoms with van der Waals surface area (Å²) in [6.45, 7) is 0. The topological polar surface area (TPSA) is 41.9 Å². The first-order chi connectivity index (χ1) is 32.7. The Morgan fingerprint density at radius 1 is 0.288 bits per heavy atom. The Morgan fingerprint density at radius 3 is 1.23 bits per heavy atom. The number of para-hydroxylation sites is 1. The van der Waals surface area contributed by atoms with Crippen molar-refractivity contribution in [1.29, 1.82) is 0 Å². The summed E-state index contributed by atoms with van der Waals surface area (Å²) in [5.41, 5.74) is 15.4. The molecule has 1 aromatic heterocycles. The van der Waals surface area contributed by atoms with Crippen LogP contribution in [0.3, 0.4) is 0 Å². The zero-order valence-electron chi connectivity index (χ0n) is 36.0. The number of nitrogens with zero attached hydrogens (tertiary/aromatic N) is 4. The minimum absolute atomic E-state index is 0.563. The molecule has 0 bridgehead atoms. The predicted molar refractivity (Wildman–Crippen MR) is 271 cm³/mol. The van der Waals surface area contributed by atoms with Crippen LogP contribution in [0.2, 0.25) is 0 Å². The largest absolute Gasteiger partial charge is 0.310 e. The third kappa shape index (κ3) is 6.67. The van der Waals surface area contributed by atoms with Gasteiger partial charge in [-0.05, 0) is 80.2 Å². The Kier molecular flexibility index (Phi) is 9.69. The fourth-order valence-corrected chi connectivity index (χ4v) is 9.95. The monoisotopic (exact) mass is 842 g/mol. The Morgan fingerprint density at radius 2 is 0.682 bits per heavy atom. The van der Waals surface area contributed by atoms with Gasteiger partial charge in [0, 0.05) is 33.5 Å². The zero-order chi connectivity index (χ0) is 43.9. The van der Waals surface area contributed by atoms with Gasteiger partial charge in [0.05, 0.1) is 11.1 Å². The first-order valence-electron chi connectivity index (χ1n) is 22.4. The maximum atomic E-state index is 5.05. The van der Waals surface area contributed by atoms with E-state index >= 15 is 0 Å². The van der Waals surface area contributed by atoms with Crippen LogP contribution in [0, 0.1) is 0 Å². The molecule has 4 nitrogen and oxygen atoms in total. The van der Waals surface area contributed by atoms with E-state index in [9.17, 15) is 0 Å². The van der Waals surface area contributed by atoms with E-state index in [0.717, 1.165) is 44.9 Å². The van der Waals surface area contributed by atoms with Crippen molar-refractivity contribution in [2.24, 2.45) is 0 Å². The fourth-order valence-electron chi connectivity index (χ4n) is 9.95. The van der Waals surface area contributed by atoms with Crippen LogP contribution < -0.4 is 4.90 Å². The highest BCUT2D eigenvalue weighted by Gasteiger charge is 2.45. The lowest BCUT2D eigenvalue weighted by Crippen LogP contribution is -2.28. The lowest BCUT2D eigenvalue weighted by atomic mass is 9.67. The molecule has 1 heterocycles. The van der Waals surface area contributed by atoms with Crippen LogP contribution in [0.5, 0.6) is 0 Å². The van der Waals surface area contributed by atoms with E-state index < -0.39 is 5.41 Å². The number of hydrogen-bond donors (Lipinski definition) is 0. The van der Waals surface area contributed by atoms with E-state index in [0.29, 0.717) is 17.5 Å². The Balaban J connectivity index is 0.942. The van der Waals surface area contributed by atoms with E-state index in [1.807, 2.05) is 60.7 Å². The molecule has 1 aliphatic carbocycles. The maximum absolute atomic E-state index is 5.05. The minimum Gasteiger partial charge on any atom is -0.310 e. The van der Waals surface area contributed by atoms with Crippen molar-refractivity contribution >= 4 is 27.8 Å². The van der Waals surface area contributed by atoms with Gasteiger partial charge < -0.3 is 4.90 Å². The molecule has 0 atom stereocenters. The number of benzene rings is 10. The first kappa shape index (κ1) is 38.9. The zero-order valence-corrected chi connectivity index (χ0v) is 36.0. The number of aromatic nitrogens is 3.